The average Bonchev–Trinajstić information content (AvgIpc) is 3.15. The van der Waals surface area contributed by atoms with Crippen molar-refractivity contribution in [3.8, 4) is 0 Å². The number of carbonyl (C=O) groups is 2. The van der Waals surface area contributed by atoms with Crippen molar-refractivity contribution in [2.24, 2.45) is 4.99 Å². The van der Waals surface area contributed by atoms with Crippen LogP contribution in [0.15, 0.2) is 64.9 Å². The molecule has 5 nitrogen and oxygen atoms in total. The molecule has 0 N–H and O–H groups in total. The number of ether oxygens (including phenoxy) is 2. The van der Waals surface area contributed by atoms with Crippen LogP contribution in [0.5, 0.6) is 0 Å². The Labute approximate surface area is 165 Å². The Morgan fingerprint density at radius 1 is 1.18 bits per heavy atom. The van der Waals surface area contributed by atoms with E-state index < -0.39 is 11.6 Å². The van der Waals surface area contributed by atoms with Gasteiger partial charge in [-0.3, -0.25) is 9.79 Å². The van der Waals surface area contributed by atoms with Crippen LogP contribution >= 0.6 is 0 Å². The molecule has 0 saturated carbocycles. The van der Waals surface area contributed by atoms with Gasteiger partial charge in [0.05, 0.1) is 5.71 Å². The number of ketones is 1. The fraction of sp³-hybridized carbons (Fsp3) is 0.348. The van der Waals surface area contributed by atoms with E-state index in [0.29, 0.717) is 17.8 Å². The van der Waals surface area contributed by atoms with Gasteiger partial charge < -0.3 is 9.47 Å². The van der Waals surface area contributed by atoms with E-state index in [9.17, 15) is 9.59 Å². The maximum Gasteiger partial charge on any atom is 0.344 e. The zero-order valence-corrected chi connectivity index (χ0v) is 16.5. The lowest BCUT2D eigenvalue weighted by Crippen LogP contribution is -2.28. The molecule has 28 heavy (non-hydrogen) atoms. The minimum atomic E-state index is -0.603. The summed E-state index contributed by atoms with van der Waals surface area (Å²) in [6.45, 7) is 5.66. The van der Waals surface area contributed by atoms with E-state index in [-0.39, 0.29) is 18.1 Å². The lowest BCUT2D eigenvalue weighted by molar-refractivity contribution is -0.158. The highest BCUT2D eigenvalue weighted by molar-refractivity contribution is 6.25. The number of fused-ring (bicyclic) bond motifs is 1. The van der Waals surface area contributed by atoms with Crippen molar-refractivity contribution < 1.29 is 19.1 Å². The maximum absolute atomic E-state index is 12.7. The van der Waals surface area contributed by atoms with Crippen LogP contribution in [0.25, 0.3) is 0 Å². The molecule has 146 valence electrons. The predicted molar refractivity (Wildman–Crippen MR) is 109 cm³/mol. The Balaban J connectivity index is 1.74. The van der Waals surface area contributed by atoms with Crippen molar-refractivity contribution in [3.63, 3.8) is 0 Å². The van der Waals surface area contributed by atoms with Crippen molar-refractivity contribution in [1.82, 2.24) is 0 Å². The molecular formula is C23H25NO4. The van der Waals surface area contributed by atoms with Gasteiger partial charge in [0.15, 0.2) is 12.4 Å². The summed E-state index contributed by atoms with van der Waals surface area (Å²) < 4.78 is 10.7. The second-order valence-electron chi connectivity index (χ2n) is 7.73. The highest BCUT2D eigenvalue weighted by Gasteiger charge is 2.26. The first-order valence-electron chi connectivity index (χ1n) is 9.43. The first-order valence-corrected chi connectivity index (χ1v) is 9.43. The standard InChI is InChI=1S/C23H25NO4/c1-23(2,3)28-21(25)15-27-20-14-19(24-13-12-16-8-4-5-9-16)17-10-6-7-11-18(17)22(20)26/h4-8,10-11,14H,9,12-13,15H2,1-3H3. The molecule has 2 aliphatic rings. The van der Waals surface area contributed by atoms with E-state index >= 15 is 0 Å². The largest absolute Gasteiger partial charge is 0.478 e. The zero-order valence-electron chi connectivity index (χ0n) is 16.5. The number of Topliss-reactive ketones (excluding diaryl/α,β-unsaturated/α-hetero) is 1. The van der Waals surface area contributed by atoms with Crippen LogP contribution in [0.2, 0.25) is 0 Å². The maximum atomic E-state index is 12.7. The number of benzene rings is 1. The van der Waals surface area contributed by atoms with Gasteiger partial charge in [0, 0.05) is 23.7 Å². The molecule has 0 radical (unpaired) electrons. The minimum absolute atomic E-state index is 0.116. The van der Waals surface area contributed by atoms with Crippen LogP contribution in [0.1, 0.15) is 49.5 Å². The molecule has 2 aliphatic carbocycles. The van der Waals surface area contributed by atoms with Gasteiger partial charge in [-0.05, 0) is 33.6 Å². The van der Waals surface area contributed by atoms with Gasteiger partial charge in [-0.25, -0.2) is 4.79 Å². The summed E-state index contributed by atoms with van der Waals surface area (Å²) in [6.07, 6.45) is 9.76. The number of hydrogen-bond acceptors (Lipinski definition) is 5. The lowest BCUT2D eigenvalue weighted by atomic mass is 9.93. The van der Waals surface area contributed by atoms with Gasteiger partial charge in [-0.2, -0.15) is 0 Å². The SMILES string of the molecule is CC(C)(C)OC(=O)COC1=CC(=NCCC2=CC=CC2)c2ccccc2C1=O. The topological polar surface area (TPSA) is 65.0 Å². The molecular weight excluding hydrogens is 354 g/mol. The number of rotatable bonds is 6. The second-order valence-corrected chi connectivity index (χ2v) is 7.73. The summed E-state index contributed by atoms with van der Waals surface area (Å²) in [5.41, 5.74) is 2.75. The number of aliphatic imine (C=N–C) groups is 1. The molecule has 0 unspecified atom stereocenters. The molecule has 0 bridgehead atoms. The van der Waals surface area contributed by atoms with Gasteiger partial charge in [0.2, 0.25) is 5.78 Å². The average molecular weight is 379 g/mol. The molecule has 3 rings (SSSR count). The van der Waals surface area contributed by atoms with E-state index in [1.54, 1.807) is 39.0 Å². The van der Waals surface area contributed by atoms with E-state index in [2.05, 4.69) is 23.2 Å². The monoisotopic (exact) mass is 379 g/mol. The van der Waals surface area contributed by atoms with E-state index in [1.165, 1.54) is 5.57 Å². The Bertz CT molecular complexity index is 897. The number of nitrogens with zero attached hydrogens (tertiary/aromatic N) is 1. The van der Waals surface area contributed by atoms with Gasteiger partial charge in [-0.15, -0.1) is 0 Å². The highest BCUT2D eigenvalue weighted by atomic mass is 16.6. The van der Waals surface area contributed by atoms with Crippen molar-refractivity contribution in [2.45, 2.75) is 39.2 Å². The minimum Gasteiger partial charge on any atom is -0.478 e. The summed E-state index contributed by atoms with van der Waals surface area (Å²) >= 11 is 0. The summed E-state index contributed by atoms with van der Waals surface area (Å²) in [6, 6.07) is 7.32. The molecule has 0 spiro atoms. The Morgan fingerprint density at radius 2 is 1.93 bits per heavy atom. The van der Waals surface area contributed by atoms with E-state index in [1.807, 2.05) is 12.1 Å². The van der Waals surface area contributed by atoms with Gasteiger partial charge in [0.25, 0.3) is 0 Å². The summed E-state index contributed by atoms with van der Waals surface area (Å²) in [5, 5.41) is 0. The third-order valence-electron chi connectivity index (χ3n) is 4.27. The molecule has 0 aliphatic heterocycles. The molecule has 0 atom stereocenters. The predicted octanol–water partition coefficient (Wildman–Crippen LogP) is 4.19. The van der Waals surface area contributed by atoms with Crippen LogP contribution < -0.4 is 0 Å². The molecule has 1 aromatic rings. The van der Waals surface area contributed by atoms with Crippen molar-refractivity contribution in [1.29, 1.82) is 0 Å². The third kappa shape index (κ3) is 5.06. The molecule has 0 aromatic heterocycles. The zero-order chi connectivity index (χ0) is 20.1. The quantitative estimate of drug-likeness (QED) is 0.695. The molecule has 1 aromatic carbocycles. The number of carbonyl (C=O) groups excluding carboxylic acids is 2. The van der Waals surface area contributed by atoms with Crippen LogP contribution in [0.4, 0.5) is 0 Å². The Kier molecular flexibility index (Phi) is 5.93. The molecule has 0 fully saturated rings. The van der Waals surface area contributed by atoms with Gasteiger partial charge in [-0.1, -0.05) is 48.1 Å². The molecule has 0 saturated heterocycles. The van der Waals surface area contributed by atoms with Crippen LogP contribution in [0.3, 0.4) is 0 Å². The Hall–Kier alpha value is -2.95. The number of allylic oxidation sites excluding steroid dienone is 5. The van der Waals surface area contributed by atoms with Crippen molar-refractivity contribution in [2.75, 3.05) is 13.2 Å². The lowest BCUT2D eigenvalue weighted by Gasteiger charge is -2.21. The van der Waals surface area contributed by atoms with E-state index in [0.717, 1.165) is 18.4 Å². The normalized spacial score (nSPS) is 17.2. The van der Waals surface area contributed by atoms with Crippen LogP contribution in [0, 0.1) is 0 Å². The molecule has 0 amide bonds. The molecule has 5 heteroatoms. The first-order chi connectivity index (χ1) is 13.3. The third-order valence-corrected chi connectivity index (χ3v) is 4.27. The van der Waals surface area contributed by atoms with Crippen molar-refractivity contribution in [3.05, 3.63) is 71.0 Å². The smallest absolute Gasteiger partial charge is 0.344 e. The number of esters is 1. The fourth-order valence-electron chi connectivity index (χ4n) is 3.05. The highest BCUT2D eigenvalue weighted by Crippen LogP contribution is 2.23. The van der Waals surface area contributed by atoms with Crippen molar-refractivity contribution >= 4 is 17.5 Å². The van der Waals surface area contributed by atoms with Gasteiger partial charge in [0.1, 0.15) is 5.60 Å². The van der Waals surface area contributed by atoms with Gasteiger partial charge >= 0.3 is 5.97 Å². The first kappa shape index (κ1) is 19.8. The fourth-order valence-corrected chi connectivity index (χ4v) is 3.05. The summed E-state index contributed by atoms with van der Waals surface area (Å²) in [7, 11) is 0. The van der Waals surface area contributed by atoms with Crippen LogP contribution in [-0.4, -0.2) is 36.2 Å². The molecule has 0 heterocycles. The Morgan fingerprint density at radius 3 is 2.61 bits per heavy atom. The summed E-state index contributed by atoms with van der Waals surface area (Å²) in [4.78, 5) is 29.3. The summed E-state index contributed by atoms with van der Waals surface area (Å²) in [5.74, 6) is -0.648. The van der Waals surface area contributed by atoms with Crippen LogP contribution in [-0.2, 0) is 14.3 Å². The van der Waals surface area contributed by atoms with E-state index in [4.69, 9.17) is 9.47 Å². The number of hydrogen-bond donors (Lipinski definition) is 0. The second kappa shape index (κ2) is 8.38.